The third kappa shape index (κ3) is 1.05. The molecule has 0 aromatic heterocycles. The summed E-state index contributed by atoms with van der Waals surface area (Å²) in [5, 5.41) is 2.70. The predicted octanol–water partition coefficient (Wildman–Crippen LogP) is 2.64. The molecule has 11 heavy (non-hydrogen) atoms. The molecule has 0 spiro atoms. The van der Waals surface area contributed by atoms with E-state index in [1.165, 1.54) is 6.42 Å². The van der Waals surface area contributed by atoms with Crippen molar-refractivity contribution >= 4 is 29.0 Å². The summed E-state index contributed by atoms with van der Waals surface area (Å²) >= 11 is 10.8. The van der Waals surface area contributed by atoms with Gasteiger partial charge in [0.15, 0.2) is 0 Å². The van der Waals surface area contributed by atoms with Gasteiger partial charge in [0.2, 0.25) is 0 Å². The van der Waals surface area contributed by atoms with Gasteiger partial charge in [0, 0.05) is 0 Å². The maximum absolute atomic E-state index is 6.16. The Morgan fingerprint density at radius 1 is 1.64 bits per heavy atom. The third-order valence-electron chi connectivity index (χ3n) is 3.02. The zero-order valence-electron chi connectivity index (χ0n) is 6.22. The number of halogens is 1. The fourth-order valence-electron chi connectivity index (χ4n) is 2.42. The highest BCUT2D eigenvalue weighted by atomic mass is 35.5. The second kappa shape index (κ2) is 2.55. The first-order valence-corrected chi connectivity index (χ1v) is 4.84. The van der Waals surface area contributed by atoms with Gasteiger partial charge < -0.3 is 0 Å². The monoisotopic (exact) mass is 187 g/mol. The lowest BCUT2D eigenvalue weighted by atomic mass is 9.94. The van der Waals surface area contributed by atoms with Crippen LogP contribution < -0.4 is 0 Å². The van der Waals surface area contributed by atoms with Gasteiger partial charge >= 0.3 is 0 Å². The Labute approximate surface area is 76.8 Å². The molecule has 0 saturated heterocycles. The van der Waals surface area contributed by atoms with E-state index in [-0.39, 0.29) is 10.9 Å². The molecular weight excluding hydrogens is 178 g/mol. The number of alkyl halides is 1. The van der Waals surface area contributed by atoms with Crippen LogP contribution in [0.15, 0.2) is 4.99 Å². The summed E-state index contributed by atoms with van der Waals surface area (Å²) in [5.41, 5.74) is -0.00598. The van der Waals surface area contributed by atoms with Crippen molar-refractivity contribution in [1.82, 2.24) is 0 Å². The Kier molecular flexibility index (Phi) is 1.79. The molecular formula is C8H10ClNS. The van der Waals surface area contributed by atoms with Crippen molar-refractivity contribution in [2.45, 2.75) is 36.6 Å². The molecule has 0 amide bonds. The number of hydrogen-bond acceptors (Lipinski definition) is 2. The topological polar surface area (TPSA) is 12.4 Å². The number of hydrogen-bond donors (Lipinski definition) is 0. The molecule has 0 heterocycles. The van der Waals surface area contributed by atoms with Gasteiger partial charge in [-0.15, -0.1) is 11.6 Å². The van der Waals surface area contributed by atoms with E-state index >= 15 is 0 Å². The van der Waals surface area contributed by atoms with Crippen LogP contribution in [-0.4, -0.2) is 16.1 Å². The zero-order valence-corrected chi connectivity index (χ0v) is 7.79. The van der Waals surface area contributed by atoms with Gasteiger partial charge in [-0.1, -0.05) is 0 Å². The second-order valence-electron chi connectivity index (χ2n) is 3.62. The van der Waals surface area contributed by atoms with Crippen LogP contribution >= 0.6 is 23.8 Å². The zero-order chi connectivity index (χ0) is 7.90. The number of fused-ring (bicyclic) bond motifs is 2. The fourth-order valence-corrected chi connectivity index (χ4v) is 3.10. The van der Waals surface area contributed by atoms with Crippen LogP contribution in [0.4, 0.5) is 0 Å². The van der Waals surface area contributed by atoms with E-state index in [1.807, 2.05) is 0 Å². The van der Waals surface area contributed by atoms with E-state index in [0.717, 1.165) is 25.2 Å². The Balaban J connectivity index is 2.29. The number of aliphatic imine (C=N–C) groups is 1. The van der Waals surface area contributed by atoms with E-state index in [9.17, 15) is 0 Å². The normalized spacial score (nSPS) is 47.4. The number of isothiocyanates is 1. The standard InChI is InChI=1S/C8H10ClNS/c9-7-3-6-1-2-8(7,4-6)10-5-11/h6-7H,1-4H2. The first-order chi connectivity index (χ1) is 5.27. The second-order valence-corrected chi connectivity index (χ2v) is 4.33. The molecule has 0 aromatic carbocycles. The van der Waals surface area contributed by atoms with Crippen molar-refractivity contribution in [2.24, 2.45) is 10.9 Å². The van der Waals surface area contributed by atoms with Crippen LogP contribution in [0.1, 0.15) is 25.7 Å². The van der Waals surface area contributed by atoms with Crippen LogP contribution in [-0.2, 0) is 0 Å². The smallest absolute Gasteiger partial charge is 0.0876 e. The predicted molar refractivity (Wildman–Crippen MR) is 49.4 cm³/mol. The highest BCUT2D eigenvalue weighted by Crippen LogP contribution is 2.52. The minimum absolute atomic E-state index is 0.00598. The average Bonchev–Trinajstić information content (AvgIpc) is 2.45. The minimum Gasteiger partial charge on any atom is -0.224 e. The lowest BCUT2D eigenvalue weighted by Gasteiger charge is -2.24. The van der Waals surface area contributed by atoms with Crippen molar-refractivity contribution < 1.29 is 0 Å². The van der Waals surface area contributed by atoms with Crippen LogP contribution in [0.5, 0.6) is 0 Å². The Morgan fingerprint density at radius 2 is 2.45 bits per heavy atom. The van der Waals surface area contributed by atoms with Crippen molar-refractivity contribution in [1.29, 1.82) is 0 Å². The first kappa shape index (κ1) is 7.72. The van der Waals surface area contributed by atoms with Gasteiger partial charge in [0.1, 0.15) is 0 Å². The van der Waals surface area contributed by atoms with Crippen molar-refractivity contribution in [2.75, 3.05) is 0 Å². The largest absolute Gasteiger partial charge is 0.224 e. The molecule has 1 nitrogen and oxygen atoms in total. The number of rotatable bonds is 1. The molecule has 2 rings (SSSR count). The van der Waals surface area contributed by atoms with Crippen LogP contribution in [0.25, 0.3) is 0 Å². The van der Waals surface area contributed by atoms with Gasteiger partial charge in [-0.2, -0.15) is 0 Å². The van der Waals surface area contributed by atoms with Gasteiger partial charge in [-0.3, -0.25) is 0 Å². The highest BCUT2D eigenvalue weighted by Gasteiger charge is 2.51. The summed E-state index contributed by atoms with van der Waals surface area (Å²) < 4.78 is 0. The van der Waals surface area contributed by atoms with E-state index in [1.54, 1.807) is 0 Å². The van der Waals surface area contributed by atoms with Gasteiger partial charge in [0.25, 0.3) is 0 Å². The Morgan fingerprint density at radius 3 is 2.91 bits per heavy atom. The van der Waals surface area contributed by atoms with Crippen LogP contribution in [0.2, 0.25) is 0 Å². The highest BCUT2D eigenvalue weighted by molar-refractivity contribution is 7.78. The molecule has 3 heteroatoms. The molecule has 0 radical (unpaired) electrons. The van der Waals surface area contributed by atoms with Crippen LogP contribution in [0, 0.1) is 5.92 Å². The molecule has 3 unspecified atom stereocenters. The molecule has 60 valence electrons. The Bertz CT molecular complexity index is 224. The Hall–Kier alpha value is 0.0900. The molecule has 0 aromatic rings. The van der Waals surface area contributed by atoms with Crippen molar-refractivity contribution in [3.8, 4) is 0 Å². The lowest BCUT2D eigenvalue weighted by Crippen LogP contribution is -2.30. The van der Waals surface area contributed by atoms with E-state index < -0.39 is 0 Å². The molecule has 2 bridgehead atoms. The van der Waals surface area contributed by atoms with E-state index in [0.29, 0.717) is 0 Å². The summed E-state index contributed by atoms with van der Waals surface area (Å²) in [6.45, 7) is 0. The van der Waals surface area contributed by atoms with E-state index in [2.05, 4.69) is 22.4 Å². The van der Waals surface area contributed by atoms with Gasteiger partial charge in [-0.25, -0.2) is 4.99 Å². The molecule has 2 aliphatic carbocycles. The van der Waals surface area contributed by atoms with Crippen LogP contribution in [0.3, 0.4) is 0 Å². The summed E-state index contributed by atoms with van der Waals surface area (Å²) in [6, 6.07) is 0. The summed E-state index contributed by atoms with van der Waals surface area (Å²) in [5.74, 6) is 0.810. The average molecular weight is 188 g/mol. The first-order valence-electron chi connectivity index (χ1n) is 4.00. The maximum atomic E-state index is 6.16. The summed E-state index contributed by atoms with van der Waals surface area (Å²) in [6.07, 6.45) is 4.67. The molecule has 2 fully saturated rings. The molecule has 0 aliphatic heterocycles. The van der Waals surface area contributed by atoms with Crippen molar-refractivity contribution in [3.05, 3.63) is 0 Å². The lowest BCUT2D eigenvalue weighted by molar-refractivity contribution is 0.431. The molecule has 2 saturated carbocycles. The van der Waals surface area contributed by atoms with Gasteiger partial charge in [-0.05, 0) is 43.8 Å². The minimum atomic E-state index is -0.00598. The van der Waals surface area contributed by atoms with Crippen molar-refractivity contribution in [3.63, 3.8) is 0 Å². The number of nitrogens with zero attached hydrogens (tertiary/aromatic N) is 1. The molecule has 0 N–H and O–H groups in total. The quantitative estimate of drug-likeness (QED) is 0.349. The third-order valence-corrected chi connectivity index (χ3v) is 3.69. The fraction of sp³-hybridized carbons (Fsp3) is 0.875. The van der Waals surface area contributed by atoms with E-state index in [4.69, 9.17) is 11.6 Å². The SMILES string of the molecule is S=C=NC12CCC(CC1Cl)C2. The number of thiocarbonyl (C=S) groups is 1. The summed E-state index contributed by atoms with van der Waals surface area (Å²) in [4.78, 5) is 4.23. The maximum Gasteiger partial charge on any atom is 0.0876 e. The van der Waals surface area contributed by atoms with Gasteiger partial charge in [0.05, 0.1) is 16.1 Å². The summed E-state index contributed by atoms with van der Waals surface area (Å²) in [7, 11) is 0. The molecule has 3 atom stereocenters. The molecule has 2 aliphatic rings.